The molecule has 21 heavy (non-hydrogen) atoms. The van der Waals surface area contributed by atoms with E-state index in [4.69, 9.17) is 0 Å². The van der Waals surface area contributed by atoms with Crippen LogP contribution in [0.3, 0.4) is 0 Å². The first-order valence-corrected chi connectivity index (χ1v) is 8.44. The maximum Gasteiger partial charge on any atom is 0.262 e. The van der Waals surface area contributed by atoms with Crippen LogP contribution in [0.4, 0.5) is 0 Å². The highest BCUT2D eigenvalue weighted by Crippen LogP contribution is 2.22. The van der Waals surface area contributed by atoms with Crippen LogP contribution in [0, 0.1) is 0 Å². The second-order valence-electron chi connectivity index (χ2n) is 5.47. The van der Waals surface area contributed by atoms with Gasteiger partial charge in [-0.3, -0.25) is 4.90 Å². The normalized spacial score (nSPS) is 24.9. The van der Waals surface area contributed by atoms with Gasteiger partial charge in [0.05, 0.1) is 6.33 Å². The molecule has 0 spiro atoms. The van der Waals surface area contributed by atoms with Gasteiger partial charge in [0, 0.05) is 58.6 Å². The molecule has 0 bridgehead atoms. The van der Waals surface area contributed by atoms with Crippen LogP contribution < -0.4 is 5.32 Å². The maximum absolute atomic E-state index is 12.5. The Balaban J connectivity index is 0.00000161. The largest absolute Gasteiger partial charge is 0.339 e. The van der Waals surface area contributed by atoms with Gasteiger partial charge in [0.15, 0.2) is 5.03 Å². The van der Waals surface area contributed by atoms with Crippen molar-refractivity contribution in [2.24, 2.45) is 7.05 Å². The number of nitrogens with one attached hydrogen (secondary N) is 1. The summed E-state index contributed by atoms with van der Waals surface area (Å²) in [6.45, 7) is 5.16. The molecule has 0 radical (unpaired) electrons. The average molecular weight is 336 g/mol. The van der Waals surface area contributed by atoms with E-state index >= 15 is 0 Å². The zero-order chi connectivity index (χ0) is 14.2. The number of piperazine rings is 1. The van der Waals surface area contributed by atoms with E-state index < -0.39 is 10.0 Å². The highest BCUT2D eigenvalue weighted by Gasteiger charge is 2.36. The Morgan fingerprint density at radius 3 is 2.62 bits per heavy atom. The maximum atomic E-state index is 12.5. The van der Waals surface area contributed by atoms with Crippen LogP contribution in [0.25, 0.3) is 0 Å². The lowest BCUT2D eigenvalue weighted by atomic mass is 10.2. The van der Waals surface area contributed by atoms with Gasteiger partial charge in [-0.25, -0.2) is 13.4 Å². The van der Waals surface area contributed by atoms with E-state index in [0.29, 0.717) is 19.1 Å². The highest BCUT2D eigenvalue weighted by atomic mass is 35.5. The summed E-state index contributed by atoms with van der Waals surface area (Å²) in [5.74, 6) is 0. The van der Waals surface area contributed by atoms with E-state index in [-0.39, 0.29) is 17.4 Å². The lowest BCUT2D eigenvalue weighted by Gasteiger charge is -2.32. The first-order chi connectivity index (χ1) is 9.57. The molecule has 3 rings (SSSR count). The topological polar surface area (TPSA) is 70.5 Å². The minimum Gasteiger partial charge on any atom is -0.339 e. The summed E-state index contributed by atoms with van der Waals surface area (Å²) in [7, 11) is -1.65. The lowest BCUT2D eigenvalue weighted by molar-refractivity contribution is 0.179. The zero-order valence-electron chi connectivity index (χ0n) is 12.1. The van der Waals surface area contributed by atoms with Crippen LogP contribution in [0.1, 0.15) is 6.42 Å². The van der Waals surface area contributed by atoms with E-state index in [1.165, 1.54) is 6.33 Å². The van der Waals surface area contributed by atoms with Crippen molar-refractivity contribution in [3.8, 4) is 0 Å². The third kappa shape index (κ3) is 3.40. The Morgan fingerprint density at radius 1 is 1.29 bits per heavy atom. The molecule has 9 heteroatoms. The third-order valence-corrected chi connectivity index (χ3v) is 5.83. The Hall–Kier alpha value is -0.670. The van der Waals surface area contributed by atoms with Crippen LogP contribution in [-0.2, 0) is 17.1 Å². The Kier molecular flexibility index (Phi) is 5.26. The van der Waals surface area contributed by atoms with Crippen LogP contribution in [0.5, 0.6) is 0 Å². The number of halogens is 1. The van der Waals surface area contributed by atoms with Gasteiger partial charge in [0.2, 0.25) is 0 Å². The molecule has 0 aliphatic carbocycles. The number of imidazole rings is 1. The first-order valence-electron chi connectivity index (χ1n) is 7.00. The monoisotopic (exact) mass is 335 g/mol. The molecule has 2 aliphatic heterocycles. The number of hydrogen-bond donors (Lipinski definition) is 1. The number of aryl methyl sites for hydroxylation is 1. The lowest BCUT2D eigenvalue weighted by Crippen LogP contribution is -2.49. The molecular formula is C12H22ClN5O2S. The van der Waals surface area contributed by atoms with Gasteiger partial charge in [-0.15, -0.1) is 12.4 Å². The molecule has 1 unspecified atom stereocenters. The van der Waals surface area contributed by atoms with Gasteiger partial charge < -0.3 is 9.88 Å². The number of nitrogens with zero attached hydrogens (tertiary/aromatic N) is 4. The molecule has 1 atom stereocenters. The average Bonchev–Trinajstić information content (AvgIpc) is 3.09. The fourth-order valence-corrected chi connectivity index (χ4v) is 4.39. The number of hydrogen-bond acceptors (Lipinski definition) is 5. The second kappa shape index (κ2) is 6.62. The SMILES string of the molecule is Cl.Cn1cnc(S(=O)(=O)N2CCC(N3CCNCC3)C2)c1. The second-order valence-corrected chi connectivity index (χ2v) is 7.35. The van der Waals surface area contributed by atoms with Crippen LogP contribution in [0.15, 0.2) is 17.6 Å². The molecule has 1 N–H and O–H groups in total. The standard InChI is InChI=1S/C12H21N5O2S.ClH/c1-15-9-12(14-10-15)20(18,19)17-5-2-11(8-17)16-6-3-13-4-7-16;/h9-11,13H,2-8H2,1H3;1H. The molecule has 2 fully saturated rings. The molecule has 120 valence electrons. The first kappa shape index (κ1) is 16.7. The van der Waals surface area contributed by atoms with Crippen LogP contribution >= 0.6 is 12.4 Å². The highest BCUT2D eigenvalue weighted by molar-refractivity contribution is 7.89. The molecule has 1 aromatic rings. The zero-order valence-corrected chi connectivity index (χ0v) is 13.7. The van der Waals surface area contributed by atoms with Crippen molar-refractivity contribution < 1.29 is 8.42 Å². The third-order valence-electron chi connectivity index (χ3n) is 4.08. The van der Waals surface area contributed by atoms with Crippen molar-refractivity contribution in [3.05, 3.63) is 12.5 Å². The molecule has 0 amide bonds. The summed E-state index contributed by atoms with van der Waals surface area (Å²) in [6, 6.07) is 0.343. The fourth-order valence-electron chi connectivity index (χ4n) is 2.93. The Labute approximate surface area is 131 Å². The molecule has 0 aromatic carbocycles. The van der Waals surface area contributed by atoms with Crippen LogP contribution in [-0.4, -0.2) is 72.5 Å². The van der Waals surface area contributed by atoms with Gasteiger partial charge >= 0.3 is 0 Å². The predicted octanol–water partition coefficient (Wildman–Crippen LogP) is -0.490. The van der Waals surface area contributed by atoms with Crippen molar-refractivity contribution in [3.63, 3.8) is 0 Å². The van der Waals surface area contributed by atoms with Crippen molar-refractivity contribution in [2.45, 2.75) is 17.5 Å². The van der Waals surface area contributed by atoms with Crippen molar-refractivity contribution in [2.75, 3.05) is 39.3 Å². The Morgan fingerprint density at radius 2 is 2.00 bits per heavy atom. The van der Waals surface area contributed by atoms with E-state index in [1.807, 2.05) is 0 Å². The van der Waals surface area contributed by atoms with Crippen molar-refractivity contribution in [1.29, 1.82) is 0 Å². The summed E-state index contributed by atoms with van der Waals surface area (Å²) in [5, 5.41) is 3.48. The number of rotatable bonds is 3. The van der Waals surface area contributed by atoms with E-state index in [2.05, 4.69) is 15.2 Å². The van der Waals surface area contributed by atoms with E-state index in [9.17, 15) is 8.42 Å². The van der Waals surface area contributed by atoms with Gasteiger partial charge in [-0.05, 0) is 6.42 Å². The molecule has 7 nitrogen and oxygen atoms in total. The fraction of sp³-hybridized carbons (Fsp3) is 0.750. The van der Waals surface area contributed by atoms with Crippen LogP contribution in [0.2, 0.25) is 0 Å². The summed E-state index contributed by atoms with van der Waals surface area (Å²) < 4.78 is 28.2. The molecule has 2 aliphatic rings. The van der Waals surface area contributed by atoms with Crippen molar-refractivity contribution in [1.82, 2.24) is 24.1 Å². The summed E-state index contributed by atoms with van der Waals surface area (Å²) in [4.78, 5) is 6.37. The summed E-state index contributed by atoms with van der Waals surface area (Å²) >= 11 is 0. The predicted molar refractivity (Wildman–Crippen MR) is 82.1 cm³/mol. The minimum absolute atomic E-state index is 0. The minimum atomic E-state index is -3.43. The van der Waals surface area contributed by atoms with Gasteiger partial charge in [-0.1, -0.05) is 0 Å². The number of sulfonamides is 1. The molecule has 1 aromatic heterocycles. The smallest absolute Gasteiger partial charge is 0.262 e. The molecular weight excluding hydrogens is 314 g/mol. The molecule has 2 saturated heterocycles. The molecule has 0 saturated carbocycles. The Bertz CT molecular complexity index is 570. The van der Waals surface area contributed by atoms with E-state index in [0.717, 1.165) is 32.6 Å². The molecule has 3 heterocycles. The van der Waals surface area contributed by atoms with Crippen molar-refractivity contribution >= 4 is 22.4 Å². The van der Waals surface area contributed by atoms with Gasteiger partial charge in [-0.2, -0.15) is 4.31 Å². The van der Waals surface area contributed by atoms with Gasteiger partial charge in [0.25, 0.3) is 10.0 Å². The summed E-state index contributed by atoms with van der Waals surface area (Å²) in [5.41, 5.74) is 0. The number of aromatic nitrogens is 2. The summed E-state index contributed by atoms with van der Waals surface area (Å²) in [6.07, 6.45) is 4.00. The van der Waals surface area contributed by atoms with Gasteiger partial charge in [0.1, 0.15) is 0 Å². The van der Waals surface area contributed by atoms with E-state index in [1.54, 1.807) is 22.1 Å². The quantitative estimate of drug-likeness (QED) is 0.807.